The van der Waals surface area contributed by atoms with Gasteiger partial charge < -0.3 is 20.6 Å². The molecule has 2 aromatic carbocycles. The minimum absolute atomic E-state index is 0.0235. The van der Waals surface area contributed by atoms with Crippen molar-refractivity contribution in [2.24, 2.45) is 5.92 Å². The molecule has 0 radical (unpaired) electrons. The van der Waals surface area contributed by atoms with Crippen molar-refractivity contribution < 1.29 is 19.1 Å². The normalized spacial score (nSPS) is 24.9. The zero-order chi connectivity index (χ0) is 29.0. The fourth-order valence-electron chi connectivity index (χ4n) is 6.39. The van der Waals surface area contributed by atoms with Crippen LogP contribution in [0.5, 0.6) is 0 Å². The molecule has 1 aliphatic carbocycles. The van der Waals surface area contributed by atoms with E-state index in [0.29, 0.717) is 36.6 Å². The fraction of sp³-hybridized carbons (Fsp3) is 0.576. The molecule has 4 rings (SSSR count). The molecule has 1 saturated heterocycles. The Morgan fingerprint density at radius 2 is 1.73 bits per heavy atom. The van der Waals surface area contributed by atoms with Crippen molar-refractivity contribution >= 4 is 11.7 Å². The number of piperidine rings is 1. The van der Waals surface area contributed by atoms with Crippen LogP contribution in [-0.4, -0.2) is 65.6 Å². The van der Waals surface area contributed by atoms with E-state index in [1.807, 2.05) is 36.9 Å². The smallest absolute Gasteiger partial charge is 0.253 e. The molecule has 2 aliphatic rings. The van der Waals surface area contributed by atoms with E-state index < -0.39 is 11.6 Å². The molecular weight excluding hydrogens is 505 g/mol. The number of halogens is 1. The maximum atomic E-state index is 14.3. The number of carbonyl (C=O) groups excluding carboxylic acids is 2. The average Bonchev–Trinajstić information content (AvgIpc) is 3.66. The second-order valence-electron chi connectivity index (χ2n) is 12.2. The topological polar surface area (TPSA) is 81.7 Å². The summed E-state index contributed by atoms with van der Waals surface area (Å²) in [6.07, 6.45) is 3.52. The minimum atomic E-state index is -0.729. The molecule has 7 heteroatoms. The van der Waals surface area contributed by atoms with Crippen LogP contribution in [0.25, 0.3) is 0 Å². The Morgan fingerprint density at radius 1 is 1.05 bits per heavy atom. The highest BCUT2D eigenvalue weighted by Gasteiger charge is 2.61. The molecule has 1 heterocycles. The van der Waals surface area contributed by atoms with Crippen LogP contribution < -0.4 is 10.6 Å². The number of benzene rings is 2. The van der Waals surface area contributed by atoms with Gasteiger partial charge in [-0.25, -0.2) is 4.39 Å². The van der Waals surface area contributed by atoms with Crippen LogP contribution in [0.2, 0.25) is 0 Å². The molecule has 3 N–H and O–H groups in total. The van der Waals surface area contributed by atoms with E-state index >= 15 is 0 Å². The summed E-state index contributed by atoms with van der Waals surface area (Å²) in [7, 11) is 0. The fourth-order valence-corrected chi connectivity index (χ4v) is 6.39. The van der Waals surface area contributed by atoms with Crippen molar-refractivity contribution in [1.29, 1.82) is 0 Å². The van der Waals surface area contributed by atoms with Gasteiger partial charge in [-0.2, -0.15) is 0 Å². The molecule has 1 aliphatic heterocycles. The number of hydrogen-bond acceptors (Lipinski definition) is 5. The first-order valence-corrected chi connectivity index (χ1v) is 15.0. The lowest BCUT2D eigenvalue weighted by molar-refractivity contribution is 0.0561. The number of rotatable bonds is 12. The molecule has 4 unspecified atom stereocenters. The van der Waals surface area contributed by atoms with E-state index in [9.17, 15) is 19.1 Å². The van der Waals surface area contributed by atoms with Crippen molar-refractivity contribution in [2.45, 2.75) is 90.3 Å². The van der Waals surface area contributed by atoms with Gasteiger partial charge in [-0.3, -0.25) is 9.59 Å². The minimum Gasteiger partial charge on any atom is -0.390 e. The van der Waals surface area contributed by atoms with E-state index in [1.54, 1.807) is 12.1 Å². The summed E-state index contributed by atoms with van der Waals surface area (Å²) < 4.78 is 14.3. The molecule has 0 bridgehead atoms. The molecule has 0 spiro atoms. The van der Waals surface area contributed by atoms with Gasteiger partial charge in [-0.15, -0.1) is 0 Å². The Bertz CT molecular complexity index is 1180. The Morgan fingerprint density at radius 3 is 2.35 bits per heavy atom. The summed E-state index contributed by atoms with van der Waals surface area (Å²) in [6.45, 7) is 12.3. The molecule has 6 nitrogen and oxygen atoms in total. The van der Waals surface area contributed by atoms with E-state index in [-0.39, 0.29) is 36.0 Å². The lowest BCUT2D eigenvalue weighted by atomic mass is 9.87. The molecule has 2 aromatic rings. The number of aryl methyl sites for hydroxylation is 2. The van der Waals surface area contributed by atoms with Gasteiger partial charge in [0.15, 0.2) is 5.78 Å². The summed E-state index contributed by atoms with van der Waals surface area (Å²) in [4.78, 5) is 28.6. The van der Waals surface area contributed by atoms with E-state index in [2.05, 4.69) is 31.4 Å². The van der Waals surface area contributed by atoms with Gasteiger partial charge in [-0.05, 0) is 105 Å². The molecule has 5 atom stereocenters. The molecule has 40 heavy (non-hydrogen) atoms. The predicted molar refractivity (Wildman–Crippen MR) is 157 cm³/mol. The van der Waals surface area contributed by atoms with Gasteiger partial charge in [0, 0.05) is 36.2 Å². The maximum Gasteiger partial charge on any atom is 0.253 e. The summed E-state index contributed by atoms with van der Waals surface area (Å²) in [5.74, 6) is -0.0188. The highest BCUT2D eigenvalue weighted by atomic mass is 19.1. The van der Waals surface area contributed by atoms with E-state index in [4.69, 9.17) is 0 Å². The quantitative estimate of drug-likeness (QED) is 0.318. The molecular formula is C33H46FN3O3. The number of Topliss-reactive ketones (excluding diaryl/α,β-unsaturated/α-hetero) is 1. The van der Waals surface area contributed by atoms with Crippen molar-refractivity contribution in [3.05, 3.63) is 70.0 Å². The largest absolute Gasteiger partial charge is 0.390 e. The van der Waals surface area contributed by atoms with Gasteiger partial charge >= 0.3 is 0 Å². The Balaban J connectivity index is 1.55. The average molecular weight is 552 g/mol. The van der Waals surface area contributed by atoms with Crippen LogP contribution in [0, 0.1) is 25.6 Å². The first kappa shape index (κ1) is 30.4. The van der Waals surface area contributed by atoms with Gasteiger partial charge in [-0.1, -0.05) is 26.8 Å². The highest BCUT2D eigenvalue weighted by molar-refractivity contribution is 6.01. The molecule has 1 amide bonds. The third-order valence-electron chi connectivity index (χ3n) is 8.58. The van der Waals surface area contributed by atoms with E-state index in [1.165, 1.54) is 6.07 Å². The van der Waals surface area contributed by atoms with Gasteiger partial charge in [0.2, 0.25) is 0 Å². The Kier molecular flexibility index (Phi) is 9.80. The number of aliphatic hydroxyl groups is 1. The van der Waals surface area contributed by atoms with Crippen LogP contribution >= 0.6 is 0 Å². The van der Waals surface area contributed by atoms with Crippen LogP contribution in [0.1, 0.15) is 96.2 Å². The van der Waals surface area contributed by atoms with Crippen LogP contribution in [0.15, 0.2) is 36.4 Å². The van der Waals surface area contributed by atoms with Gasteiger partial charge in [0.25, 0.3) is 5.91 Å². The second kappa shape index (κ2) is 12.9. The first-order valence-electron chi connectivity index (χ1n) is 15.0. The van der Waals surface area contributed by atoms with Crippen LogP contribution in [0.4, 0.5) is 4.39 Å². The monoisotopic (exact) mass is 551 g/mol. The third kappa shape index (κ3) is 6.81. The lowest BCUT2D eigenvalue weighted by Gasteiger charge is -2.36. The van der Waals surface area contributed by atoms with Crippen molar-refractivity contribution in [3.8, 4) is 0 Å². The third-order valence-corrected chi connectivity index (χ3v) is 8.58. The van der Waals surface area contributed by atoms with Crippen LogP contribution in [0.3, 0.4) is 0 Å². The lowest BCUT2D eigenvalue weighted by Crippen LogP contribution is -2.57. The number of ketones is 1. The molecule has 218 valence electrons. The number of carbonyl (C=O) groups is 2. The summed E-state index contributed by atoms with van der Waals surface area (Å²) in [5, 5.41) is 18.6. The van der Waals surface area contributed by atoms with Crippen molar-refractivity contribution in [2.75, 3.05) is 26.2 Å². The zero-order valence-corrected chi connectivity index (χ0v) is 24.7. The molecule has 2 fully saturated rings. The highest BCUT2D eigenvalue weighted by Crippen LogP contribution is 2.55. The summed E-state index contributed by atoms with van der Waals surface area (Å²) in [6, 6.07) is 10.3. The molecule has 0 aromatic heterocycles. The van der Waals surface area contributed by atoms with Crippen LogP contribution in [-0.2, 0) is 0 Å². The predicted octanol–water partition coefficient (Wildman–Crippen LogP) is 5.15. The Labute approximate surface area is 238 Å². The number of hydrogen-bond donors (Lipinski definition) is 3. The maximum absolute atomic E-state index is 14.3. The van der Waals surface area contributed by atoms with Crippen molar-refractivity contribution in [3.63, 3.8) is 0 Å². The summed E-state index contributed by atoms with van der Waals surface area (Å²) >= 11 is 0. The summed E-state index contributed by atoms with van der Waals surface area (Å²) in [5.41, 5.74) is 2.82. The number of nitrogens with zero attached hydrogens (tertiary/aromatic N) is 1. The standard InChI is InChI=1S/C33H46FN3O3/c1-6-10-37(11-7-2)32(40)26-14-22(4)13-25(16-26)30(38)20-36-33(31(39)29-9-8-21(3)19-35-29)18-28(33)24-12-23(5)15-27(34)17-24/h12-17,21,28-29,31,35-36,39H,6-11,18-20H2,1-5H3/t21?,28?,29?,31-,33?/m1/s1. The second-order valence-corrected chi connectivity index (χ2v) is 12.2. The number of nitrogens with one attached hydrogen (secondary N) is 2. The zero-order valence-electron chi connectivity index (χ0n) is 24.7. The first-order chi connectivity index (χ1) is 19.1. The number of amides is 1. The van der Waals surface area contributed by atoms with Crippen molar-refractivity contribution in [1.82, 2.24) is 15.5 Å². The molecule has 1 saturated carbocycles. The van der Waals surface area contributed by atoms with Gasteiger partial charge in [0.1, 0.15) is 5.82 Å². The SMILES string of the molecule is CCCN(CCC)C(=O)c1cc(C)cc(C(=O)CNC2([C@H](O)C3CCC(C)CN3)CC2c2cc(C)cc(F)c2)c1. The number of aliphatic hydroxyl groups excluding tert-OH is 1. The Hall–Kier alpha value is -2.61. The van der Waals surface area contributed by atoms with Gasteiger partial charge in [0.05, 0.1) is 18.2 Å². The van der Waals surface area contributed by atoms with E-state index in [0.717, 1.165) is 48.9 Å².